The fraction of sp³-hybridized carbons (Fsp3) is 0.417. The van der Waals surface area contributed by atoms with Gasteiger partial charge in [0.05, 0.1) is 0 Å². The van der Waals surface area contributed by atoms with E-state index in [4.69, 9.17) is 0 Å². The number of hydrogen-bond acceptors (Lipinski definition) is 1. The molecule has 0 spiro atoms. The van der Waals surface area contributed by atoms with Crippen molar-refractivity contribution < 1.29 is 9.18 Å². The summed E-state index contributed by atoms with van der Waals surface area (Å²) < 4.78 is 13.7. The molecule has 0 N–H and O–H groups in total. The fourth-order valence-corrected chi connectivity index (χ4v) is 1.42. The zero-order valence-electron chi connectivity index (χ0n) is 8.75. The number of carbonyl (C=O) groups is 1. The second-order valence-corrected chi connectivity index (χ2v) is 3.79. The van der Waals surface area contributed by atoms with Crippen LogP contribution < -0.4 is 0 Å². The minimum absolute atomic E-state index is 0.0797. The smallest absolute Gasteiger partial charge is 0.160 e. The predicted molar refractivity (Wildman–Crippen MR) is 55.1 cm³/mol. The maximum Gasteiger partial charge on any atom is 0.160 e. The summed E-state index contributed by atoms with van der Waals surface area (Å²) in [5, 5.41) is 0. The molecule has 14 heavy (non-hydrogen) atoms. The van der Waals surface area contributed by atoms with Gasteiger partial charge in [0.15, 0.2) is 5.78 Å². The number of carbonyl (C=O) groups excluding carboxylic acids is 1. The summed E-state index contributed by atoms with van der Waals surface area (Å²) in [4.78, 5) is 11.2. The van der Waals surface area contributed by atoms with Crippen LogP contribution in [0.5, 0.6) is 0 Å². The minimum atomic E-state index is -1.06. The largest absolute Gasteiger partial charge is 0.294 e. The average Bonchev–Trinajstić information content (AvgIpc) is 2.16. The monoisotopic (exact) mass is 194 g/mol. The number of halogens is 1. The molecule has 76 valence electrons. The Hall–Kier alpha value is -1.18. The number of ketones is 1. The summed E-state index contributed by atoms with van der Waals surface area (Å²) in [6, 6.07) is 6.87. The molecule has 1 aromatic carbocycles. The Morgan fingerprint density at radius 3 is 2.36 bits per heavy atom. The van der Waals surface area contributed by atoms with E-state index in [9.17, 15) is 9.18 Å². The molecule has 0 aliphatic rings. The highest BCUT2D eigenvalue weighted by atomic mass is 19.1. The maximum atomic E-state index is 13.7. The van der Waals surface area contributed by atoms with Gasteiger partial charge in [-0.05, 0) is 18.4 Å². The summed E-state index contributed by atoms with van der Waals surface area (Å²) >= 11 is 0. The number of Topliss-reactive ketones (excluding diaryl/α,β-unsaturated/α-hetero) is 1. The highest BCUT2D eigenvalue weighted by Crippen LogP contribution is 2.28. The molecule has 0 aliphatic heterocycles. The second-order valence-electron chi connectivity index (χ2n) is 3.79. The Bertz CT molecular complexity index is 331. The Morgan fingerprint density at radius 1 is 1.29 bits per heavy atom. The van der Waals surface area contributed by atoms with Gasteiger partial charge in [-0.15, -0.1) is 0 Å². The van der Waals surface area contributed by atoms with Crippen LogP contribution in [0.1, 0.15) is 42.9 Å². The van der Waals surface area contributed by atoms with Crippen molar-refractivity contribution in [2.75, 3.05) is 0 Å². The van der Waals surface area contributed by atoms with Crippen LogP contribution in [-0.4, -0.2) is 5.78 Å². The molecule has 0 saturated heterocycles. The molecule has 1 aromatic rings. The molecule has 1 rings (SSSR count). The van der Waals surface area contributed by atoms with Gasteiger partial charge in [0.2, 0.25) is 0 Å². The topological polar surface area (TPSA) is 17.1 Å². The second kappa shape index (κ2) is 4.36. The molecule has 0 aromatic heterocycles. The fourth-order valence-electron chi connectivity index (χ4n) is 1.42. The van der Waals surface area contributed by atoms with Gasteiger partial charge in [0.25, 0.3) is 0 Å². The SMILES string of the molecule is CC(=O)c1ccccc1C(F)C(C)C. The zero-order chi connectivity index (χ0) is 10.7. The first-order chi connectivity index (χ1) is 6.54. The van der Waals surface area contributed by atoms with E-state index in [-0.39, 0.29) is 11.7 Å². The summed E-state index contributed by atoms with van der Waals surface area (Å²) in [5.41, 5.74) is 1.00. The van der Waals surface area contributed by atoms with Crippen molar-refractivity contribution in [3.8, 4) is 0 Å². The predicted octanol–water partition coefficient (Wildman–Crippen LogP) is 3.56. The van der Waals surface area contributed by atoms with Crippen molar-refractivity contribution in [2.45, 2.75) is 26.9 Å². The van der Waals surface area contributed by atoms with Crippen LogP contribution in [0.3, 0.4) is 0 Å². The van der Waals surface area contributed by atoms with E-state index in [1.54, 1.807) is 24.3 Å². The molecule has 0 fully saturated rings. The minimum Gasteiger partial charge on any atom is -0.294 e. The van der Waals surface area contributed by atoms with Crippen molar-refractivity contribution in [2.24, 2.45) is 5.92 Å². The Balaban J connectivity index is 3.13. The van der Waals surface area contributed by atoms with Gasteiger partial charge >= 0.3 is 0 Å². The third kappa shape index (κ3) is 2.19. The van der Waals surface area contributed by atoms with Crippen molar-refractivity contribution in [3.63, 3.8) is 0 Å². The van der Waals surface area contributed by atoms with Crippen LogP contribution in [0.4, 0.5) is 4.39 Å². The Morgan fingerprint density at radius 2 is 1.86 bits per heavy atom. The summed E-state index contributed by atoms with van der Waals surface area (Å²) in [6.07, 6.45) is -1.06. The van der Waals surface area contributed by atoms with E-state index < -0.39 is 6.17 Å². The van der Waals surface area contributed by atoms with E-state index >= 15 is 0 Å². The molecular weight excluding hydrogens is 179 g/mol. The van der Waals surface area contributed by atoms with E-state index in [1.165, 1.54) is 6.92 Å². The first-order valence-corrected chi connectivity index (χ1v) is 4.78. The lowest BCUT2D eigenvalue weighted by Crippen LogP contribution is -2.06. The molecule has 1 unspecified atom stereocenters. The van der Waals surface area contributed by atoms with E-state index in [2.05, 4.69) is 0 Å². The van der Waals surface area contributed by atoms with Gasteiger partial charge in [-0.25, -0.2) is 4.39 Å². The Labute approximate surface area is 83.9 Å². The van der Waals surface area contributed by atoms with Crippen LogP contribution in [0.25, 0.3) is 0 Å². The van der Waals surface area contributed by atoms with Crippen molar-refractivity contribution in [3.05, 3.63) is 35.4 Å². The van der Waals surface area contributed by atoms with Crippen LogP contribution in [-0.2, 0) is 0 Å². The van der Waals surface area contributed by atoms with Crippen molar-refractivity contribution in [1.82, 2.24) is 0 Å². The highest BCUT2D eigenvalue weighted by Gasteiger charge is 2.18. The maximum absolute atomic E-state index is 13.7. The highest BCUT2D eigenvalue weighted by molar-refractivity contribution is 5.95. The number of alkyl halides is 1. The van der Waals surface area contributed by atoms with Gasteiger partial charge in [0, 0.05) is 5.56 Å². The molecule has 0 bridgehead atoms. The number of hydrogen-bond donors (Lipinski definition) is 0. The van der Waals surface area contributed by atoms with E-state index in [0.717, 1.165) is 0 Å². The number of benzene rings is 1. The van der Waals surface area contributed by atoms with Gasteiger partial charge < -0.3 is 0 Å². The zero-order valence-corrected chi connectivity index (χ0v) is 8.75. The third-order valence-electron chi connectivity index (χ3n) is 2.22. The van der Waals surface area contributed by atoms with Crippen LogP contribution in [0.2, 0.25) is 0 Å². The molecule has 0 radical (unpaired) electrons. The molecule has 1 atom stereocenters. The molecule has 0 heterocycles. The Kier molecular flexibility index (Phi) is 3.39. The van der Waals surface area contributed by atoms with Crippen molar-refractivity contribution >= 4 is 5.78 Å². The summed E-state index contributed by atoms with van der Waals surface area (Å²) in [6.45, 7) is 5.08. The summed E-state index contributed by atoms with van der Waals surface area (Å²) in [5.74, 6) is -0.181. The van der Waals surface area contributed by atoms with Gasteiger partial charge in [-0.1, -0.05) is 38.1 Å². The van der Waals surface area contributed by atoms with Crippen LogP contribution in [0.15, 0.2) is 24.3 Å². The van der Waals surface area contributed by atoms with Gasteiger partial charge in [-0.2, -0.15) is 0 Å². The first kappa shape index (κ1) is 10.9. The normalized spacial score (nSPS) is 12.9. The molecular formula is C12H15FO. The van der Waals surface area contributed by atoms with Crippen molar-refractivity contribution in [1.29, 1.82) is 0 Å². The number of rotatable bonds is 3. The first-order valence-electron chi connectivity index (χ1n) is 4.78. The standard InChI is InChI=1S/C12H15FO/c1-8(2)12(13)11-7-5-4-6-10(11)9(3)14/h4-8,12H,1-3H3. The molecule has 0 aliphatic carbocycles. The molecule has 2 heteroatoms. The van der Waals surface area contributed by atoms with E-state index in [1.807, 2.05) is 13.8 Å². The quantitative estimate of drug-likeness (QED) is 0.672. The molecule has 0 saturated carbocycles. The third-order valence-corrected chi connectivity index (χ3v) is 2.22. The average molecular weight is 194 g/mol. The van der Waals surface area contributed by atoms with Gasteiger partial charge in [-0.3, -0.25) is 4.79 Å². The lowest BCUT2D eigenvalue weighted by molar-refractivity contribution is 0.101. The summed E-state index contributed by atoms with van der Waals surface area (Å²) in [7, 11) is 0. The molecule has 0 amide bonds. The lowest BCUT2D eigenvalue weighted by atomic mass is 9.94. The van der Waals surface area contributed by atoms with Crippen LogP contribution >= 0.6 is 0 Å². The lowest BCUT2D eigenvalue weighted by Gasteiger charge is -2.14. The van der Waals surface area contributed by atoms with E-state index in [0.29, 0.717) is 11.1 Å². The molecule has 1 nitrogen and oxygen atoms in total. The van der Waals surface area contributed by atoms with Gasteiger partial charge in [0.1, 0.15) is 6.17 Å². The van der Waals surface area contributed by atoms with Crippen LogP contribution in [0, 0.1) is 5.92 Å².